The van der Waals surface area contributed by atoms with E-state index in [0.29, 0.717) is 0 Å². The van der Waals surface area contributed by atoms with Crippen molar-refractivity contribution < 1.29 is 14.5 Å². The van der Waals surface area contributed by atoms with Gasteiger partial charge in [-0.3, -0.25) is 19.7 Å². The van der Waals surface area contributed by atoms with E-state index in [4.69, 9.17) is 0 Å². The second-order valence-corrected chi connectivity index (χ2v) is 6.10. The van der Waals surface area contributed by atoms with Crippen LogP contribution in [0.4, 0.5) is 11.4 Å². The number of nitrogens with zero attached hydrogens (tertiary/aromatic N) is 2. The minimum absolute atomic E-state index is 0.0826. The van der Waals surface area contributed by atoms with Gasteiger partial charge in [0.2, 0.25) is 11.8 Å². The number of hydrogen-bond acceptors (Lipinski definition) is 4. The Morgan fingerprint density at radius 3 is 2.05 bits per heavy atom. The molecule has 6 heteroatoms. The molecule has 0 radical (unpaired) electrons. The first-order valence-electron chi connectivity index (χ1n) is 7.39. The average Bonchev–Trinajstić information content (AvgIpc) is 2.82. The van der Waals surface area contributed by atoms with Crippen molar-refractivity contribution in [1.82, 2.24) is 0 Å². The van der Waals surface area contributed by atoms with Gasteiger partial charge in [0.25, 0.3) is 5.69 Å². The monoisotopic (exact) mass is 298 g/mol. The predicted molar refractivity (Wildman–Crippen MR) is 77.9 cm³/mol. The quantitative estimate of drug-likeness (QED) is 0.363. The lowest BCUT2D eigenvalue weighted by atomic mass is 9.63. The lowest BCUT2D eigenvalue weighted by molar-refractivity contribution is -0.384. The van der Waals surface area contributed by atoms with E-state index >= 15 is 0 Å². The molecule has 4 aliphatic rings. The summed E-state index contributed by atoms with van der Waals surface area (Å²) in [5.74, 6) is -1.11. The van der Waals surface area contributed by atoms with Crippen molar-refractivity contribution in [2.75, 3.05) is 4.90 Å². The van der Waals surface area contributed by atoms with Crippen molar-refractivity contribution in [2.45, 2.75) is 12.8 Å². The van der Waals surface area contributed by atoms with Crippen molar-refractivity contribution in [3.63, 3.8) is 0 Å². The Balaban J connectivity index is 1.81. The second kappa shape index (κ2) is 4.50. The first kappa shape index (κ1) is 13.2. The van der Waals surface area contributed by atoms with Gasteiger partial charge >= 0.3 is 0 Å². The van der Waals surface area contributed by atoms with Crippen LogP contribution in [0, 0.1) is 33.8 Å². The first-order valence-corrected chi connectivity index (χ1v) is 7.39. The van der Waals surface area contributed by atoms with Crippen LogP contribution in [0.2, 0.25) is 0 Å². The third-order valence-corrected chi connectivity index (χ3v) is 5.08. The number of para-hydroxylation sites is 2. The number of nitro groups is 1. The maximum Gasteiger partial charge on any atom is 0.293 e. The number of benzene rings is 1. The van der Waals surface area contributed by atoms with Crippen LogP contribution in [0.5, 0.6) is 0 Å². The van der Waals surface area contributed by atoms with Gasteiger partial charge in [-0.15, -0.1) is 0 Å². The van der Waals surface area contributed by atoms with E-state index in [2.05, 4.69) is 0 Å². The molecule has 5 rings (SSSR count). The molecule has 0 spiro atoms. The molecule has 4 atom stereocenters. The number of nitro benzene ring substituents is 1. The van der Waals surface area contributed by atoms with E-state index in [9.17, 15) is 19.7 Å². The Morgan fingerprint density at radius 2 is 1.55 bits per heavy atom. The Bertz CT molecular complexity index is 695. The molecule has 3 aliphatic carbocycles. The third kappa shape index (κ3) is 1.60. The molecule has 2 bridgehead atoms. The molecule has 1 saturated heterocycles. The van der Waals surface area contributed by atoms with Gasteiger partial charge in [-0.2, -0.15) is 0 Å². The number of amides is 2. The normalized spacial score (nSPS) is 32.5. The zero-order valence-electron chi connectivity index (χ0n) is 11.7. The van der Waals surface area contributed by atoms with Crippen LogP contribution in [0.25, 0.3) is 0 Å². The standard InChI is InChI=1S/C16H14N2O4/c19-15-13-9-5-6-10(8-7-9)14(13)16(20)17(15)11-3-1-2-4-12(11)18(21)22/h1-6,9-10,13-14H,7-8H2/t9-,10-,13-,14-/m0/s1. The van der Waals surface area contributed by atoms with Crippen LogP contribution in [0.15, 0.2) is 36.4 Å². The summed E-state index contributed by atoms with van der Waals surface area (Å²) in [5.41, 5.74) is -0.112. The van der Waals surface area contributed by atoms with Gasteiger partial charge in [0.1, 0.15) is 5.69 Å². The Hall–Kier alpha value is -2.50. The number of rotatable bonds is 2. The molecule has 112 valence electrons. The fourth-order valence-corrected chi connectivity index (χ4v) is 4.12. The van der Waals surface area contributed by atoms with Crippen molar-refractivity contribution in [3.05, 3.63) is 46.5 Å². The van der Waals surface area contributed by atoms with Crippen molar-refractivity contribution >= 4 is 23.2 Å². The summed E-state index contributed by atoms with van der Waals surface area (Å²) >= 11 is 0. The Kier molecular flexibility index (Phi) is 2.69. The molecule has 1 aliphatic heterocycles. The highest BCUT2D eigenvalue weighted by Gasteiger charge is 2.57. The van der Waals surface area contributed by atoms with Gasteiger partial charge in [0.15, 0.2) is 0 Å². The van der Waals surface area contributed by atoms with Crippen LogP contribution < -0.4 is 4.90 Å². The molecule has 1 aromatic carbocycles. The zero-order chi connectivity index (χ0) is 15.4. The number of imide groups is 1. The third-order valence-electron chi connectivity index (χ3n) is 5.08. The summed E-state index contributed by atoms with van der Waals surface area (Å²) in [5, 5.41) is 11.2. The summed E-state index contributed by atoms with van der Waals surface area (Å²) in [6, 6.07) is 5.94. The zero-order valence-corrected chi connectivity index (χ0v) is 11.7. The van der Waals surface area contributed by atoms with E-state index in [1.54, 1.807) is 6.07 Å². The van der Waals surface area contributed by atoms with Crippen LogP contribution in [-0.4, -0.2) is 16.7 Å². The summed E-state index contributed by atoms with van der Waals surface area (Å²) in [4.78, 5) is 37.2. The van der Waals surface area contributed by atoms with Gasteiger partial charge in [0.05, 0.1) is 16.8 Å². The maximum atomic E-state index is 12.8. The highest BCUT2D eigenvalue weighted by molar-refractivity contribution is 6.23. The van der Waals surface area contributed by atoms with Gasteiger partial charge in [-0.05, 0) is 30.7 Å². The number of carbonyl (C=O) groups is 2. The smallest absolute Gasteiger partial charge is 0.274 e. The maximum absolute atomic E-state index is 12.8. The first-order chi connectivity index (χ1) is 10.6. The summed E-state index contributed by atoms with van der Waals surface area (Å²) in [6.07, 6.45) is 5.88. The molecule has 2 fully saturated rings. The number of carbonyl (C=O) groups excluding carboxylic acids is 2. The van der Waals surface area contributed by atoms with Gasteiger partial charge in [-0.25, -0.2) is 4.90 Å². The minimum atomic E-state index is -0.551. The van der Waals surface area contributed by atoms with Crippen molar-refractivity contribution in [2.24, 2.45) is 23.7 Å². The molecular formula is C16H14N2O4. The van der Waals surface area contributed by atoms with E-state index in [1.807, 2.05) is 12.2 Å². The van der Waals surface area contributed by atoms with Crippen molar-refractivity contribution in [3.8, 4) is 0 Å². The van der Waals surface area contributed by atoms with E-state index < -0.39 is 4.92 Å². The van der Waals surface area contributed by atoms with E-state index in [-0.39, 0.29) is 46.9 Å². The van der Waals surface area contributed by atoms with E-state index in [1.165, 1.54) is 18.2 Å². The van der Waals surface area contributed by atoms with Crippen LogP contribution in [0.3, 0.4) is 0 Å². The number of fused-ring (bicyclic) bond motifs is 1. The Labute approximate surface area is 126 Å². The fourth-order valence-electron chi connectivity index (χ4n) is 4.12. The molecule has 1 aromatic rings. The SMILES string of the molecule is O=C1[C@@H]2[C@@H](C(=O)N1c1ccccc1[N+](=O)[O-])[C@H]1C=C[C@H]2CC1. The van der Waals surface area contributed by atoms with Gasteiger partial charge < -0.3 is 0 Å². The average molecular weight is 298 g/mol. The number of allylic oxidation sites excluding steroid dienone is 2. The highest BCUT2D eigenvalue weighted by Crippen LogP contribution is 2.51. The lowest BCUT2D eigenvalue weighted by Crippen LogP contribution is -2.38. The highest BCUT2D eigenvalue weighted by atomic mass is 16.6. The molecule has 1 saturated carbocycles. The predicted octanol–water partition coefficient (Wildman–Crippen LogP) is 2.30. The van der Waals surface area contributed by atoms with E-state index in [0.717, 1.165) is 17.7 Å². The topological polar surface area (TPSA) is 80.5 Å². The molecule has 0 unspecified atom stereocenters. The van der Waals surface area contributed by atoms with Crippen molar-refractivity contribution in [1.29, 1.82) is 0 Å². The second-order valence-electron chi connectivity index (χ2n) is 6.10. The summed E-state index contributed by atoms with van der Waals surface area (Å²) in [7, 11) is 0. The number of anilines is 1. The molecule has 22 heavy (non-hydrogen) atoms. The summed E-state index contributed by atoms with van der Waals surface area (Å²) < 4.78 is 0. The Morgan fingerprint density at radius 1 is 1.00 bits per heavy atom. The molecule has 0 aromatic heterocycles. The van der Waals surface area contributed by atoms with Gasteiger partial charge in [-0.1, -0.05) is 24.3 Å². The molecule has 6 nitrogen and oxygen atoms in total. The van der Waals surface area contributed by atoms with Gasteiger partial charge in [0, 0.05) is 6.07 Å². The largest absolute Gasteiger partial charge is 0.293 e. The fraction of sp³-hybridized carbons (Fsp3) is 0.375. The van der Waals surface area contributed by atoms with Crippen LogP contribution >= 0.6 is 0 Å². The molecular weight excluding hydrogens is 284 g/mol. The number of hydrogen-bond donors (Lipinski definition) is 0. The minimum Gasteiger partial charge on any atom is -0.274 e. The molecule has 0 N–H and O–H groups in total. The summed E-state index contributed by atoms with van der Waals surface area (Å²) in [6.45, 7) is 0. The molecule has 1 heterocycles. The lowest BCUT2D eigenvalue weighted by Gasteiger charge is -2.38. The molecule has 2 amide bonds. The van der Waals surface area contributed by atoms with Crippen LogP contribution in [-0.2, 0) is 9.59 Å². The van der Waals surface area contributed by atoms with Crippen LogP contribution in [0.1, 0.15) is 12.8 Å².